The third kappa shape index (κ3) is 3.24. The molecular formula is C13H18N6O. The highest BCUT2D eigenvalue weighted by Crippen LogP contribution is 2.12. The number of hydrogen-bond acceptors (Lipinski definition) is 7. The maximum absolute atomic E-state index is 5.74. The first-order valence-electron chi connectivity index (χ1n) is 6.78. The highest BCUT2D eigenvalue weighted by molar-refractivity contribution is 5.31. The molecule has 0 atom stereocenters. The molecule has 0 bridgehead atoms. The second kappa shape index (κ2) is 5.87. The summed E-state index contributed by atoms with van der Waals surface area (Å²) in [5, 5.41) is 3.10. The Bertz CT molecular complexity index is 550. The van der Waals surface area contributed by atoms with Gasteiger partial charge < -0.3 is 15.5 Å². The van der Waals surface area contributed by atoms with Crippen LogP contribution < -0.4 is 11.1 Å². The van der Waals surface area contributed by atoms with Crippen LogP contribution in [0, 0.1) is 0 Å². The standard InChI is InChI=1S/C13H18N6O/c14-12-16-11(9-19-5-1-2-6-19)17-13(18-12)15-8-10-4-3-7-20-10/h3-4,7H,1-2,5-6,8-9H2,(H3,14,15,16,17,18). The molecule has 0 unspecified atom stereocenters. The van der Waals surface area contributed by atoms with Crippen molar-refractivity contribution in [3.05, 3.63) is 30.0 Å². The Labute approximate surface area is 117 Å². The maximum atomic E-state index is 5.74. The Balaban J connectivity index is 1.65. The van der Waals surface area contributed by atoms with Gasteiger partial charge in [-0.15, -0.1) is 0 Å². The van der Waals surface area contributed by atoms with E-state index in [4.69, 9.17) is 10.2 Å². The lowest BCUT2D eigenvalue weighted by Crippen LogP contribution is -2.21. The summed E-state index contributed by atoms with van der Waals surface area (Å²) in [7, 11) is 0. The molecule has 1 aliphatic heterocycles. The molecule has 0 saturated carbocycles. The van der Waals surface area contributed by atoms with Crippen LogP contribution in [-0.4, -0.2) is 32.9 Å². The summed E-state index contributed by atoms with van der Waals surface area (Å²) in [4.78, 5) is 15.0. The van der Waals surface area contributed by atoms with Crippen LogP contribution in [0.3, 0.4) is 0 Å². The molecule has 2 aromatic rings. The highest BCUT2D eigenvalue weighted by atomic mass is 16.3. The highest BCUT2D eigenvalue weighted by Gasteiger charge is 2.14. The first-order valence-corrected chi connectivity index (χ1v) is 6.78. The average Bonchev–Trinajstić information content (AvgIpc) is 3.08. The molecule has 0 amide bonds. The molecule has 0 radical (unpaired) electrons. The Morgan fingerprint density at radius 1 is 1.25 bits per heavy atom. The van der Waals surface area contributed by atoms with Gasteiger partial charge in [-0.05, 0) is 38.1 Å². The van der Waals surface area contributed by atoms with E-state index in [1.54, 1.807) is 6.26 Å². The topological polar surface area (TPSA) is 93.1 Å². The first-order chi connectivity index (χ1) is 9.79. The van der Waals surface area contributed by atoms with Crippen molar-refractivity contribution in [1.29, 1.82) is 0 Å². The third-order valence-electron chi connectivity index (χ3n) is 3.26. The molecule has 7 nitrogen and oxygen atoms in total. The number of nitrogen functional groups attached to an aromatic ring is 1. The van der Waals surface area contributed by atoms with E-state index in [9.17, 15) is 0 Å². The number of likely N-dealkylation sites (tertiary alicyclic amines) is 1. The van der Waals surface area contributed by atoms with Gasteiger partial charge in [0.1, 0.15) is 11.6 Å². The van der Waals surface area contributed by atoms with Crippen molar-refractivity contribution < 1.29 is 4.42 Å². The predicted molar refractivity (Wildman–Crippen MR) is 74.8 cm³/mol. The summed E-state index contributed by atoms with van der Waals surface area (Å²) in [5.41, 5.74) is 5.74. The van der Waals surface area contributed by atoms with Crippen LogP contribution in [0.2, 0.25) is 0 Å². The van der Waals surface area contributed by atoms with Gasteiger partial charge in [0.15, 0.2) is 0 Å². The van der Waals surface area contributed by atoms with Gasteiger partial charge in [0.05, 0.1) is 19.4 Å². The second-order valence-corrected chi connectivity index (χ2v) is 4.85. The van der Waals surface area contributed by atoms with Crippen molar-refractivity contribution >= 4 is 11.9 Å². The number of nitrogens with one attached hydrogen (secondary N) is 1. The molecule has 1 saturated heterocycles. The molecule has 0 spiro atoms. The molecule has 20 heavy (non-hydrogen) atoms. The minimum Gasteiger partial charge on any atom is -0.467 e. The SMILES string of the molecule is Nc1nc(CN2CCCC2)nc(NCc2ccco2)n1. The van der Waals surface area contributed by atoms with Crippen LogP contribution in [0.25, 0.3) is 0 Å². The Morgan fingerprint density at radius 2 is 2.10 bits per heavy atom. The molecular weight excluding hydrogens is 256 g/mol. The van der Waals surface area contributed by atoms with Gasteiger partial charge in [-0.1, -0.05) is 0 Å². The smallest absolute Gasteiger partial charge is 0.228 e. The fraction of sp³-hybridized carbons (Fsp3) is 0.462. The van der Waals surface area contributed by atoms with Crippen LogP contribution in [0.5, 0.6) is 0 Å². The molecule has 1 fully saturated rings. The normalized spacial score (nSPS) is 15.6. The summed E-state index contributed by atoms with van der Waals surface area (Å²) >= 11 is 0. The summed E-state index contributed by atoms with van der Waals surface area (Å²) < 4.78 is 5.25. The lowest BCUT2D eigenvalue weighted by Gasteiger charge is -2.13. The molecule has 1 aliphatic rings. The number of rotatable bonds is 5. The number of furan rings is 1. The van der Waals surface area contributed by atoms with Crippen molar-refractivity contribution in [3.63, 3.8) is 0 Å². The van der Waals surface area contributed by atoms with E-state index in [1.807, 2.05) is 12.1 Å². The summed E-state index contributed by atoms with van der Waals surface area (Å²) in [6.45, 7) is 3.45. The zero-order valence-corrected chi connectivity index (χ0v) is 11.2. The van der Waals surface area contributed by atoms with E-state index in [2.05, 4.69) is 25.2 Å². The summed E-state index contributed by atoms with van der Waals surface area (Å²) in [6.07, 6.45) is 4.12. The van der Waals surface area contributed by atoms with Crippen molar-refractivity contribution in [2.24, 2.45) is 0 Å². The summed E-state index contributed by atoms with van der Waals surface area (Å²) in [6, 6.07) is 3.74. The molecule has 0 aliphatic carbocycles. The van der Waals surface area contributed by atoms with Crippen molar-refractivity contribution in [2.45, 2.75) is 25.9 Å². The van der Waals surface area contributed by atoms with Crippen LogP contribution in [0.4, 0.5) is 11.9 Å². The average molecular weight is 274 g/mol. The third-order valence-corrected chi connectivity index (χ3v) is 3.26. The van der Waals surface area contributed by atoms with Crippen LogP contribution >= 0.6 is 0 Å². The van der Waals surface area contributed by atoms with Gasteiger partial charge in [-0.2, -0.15) is 15.0 Å². The lowest BCUT2D eigenvalue weighted by molar-refractivity contribution is 0.322. The number of nitrogens with two attached hydrogens (primary N) is 1. The van der Waals surface area contributed by atoms with Crippen LogP contribution in [0.1, 0.15) is 24.4 Å². The number of aromatic nitrogens is 3. The zero-order valence-electron chi connectivity index (χ0n) is 11.2. The van der Waals surface area contributed by atoms with Crippen LogP contribution in [0.15, 0.2) is 22.8 Å². The van der Waals surface area contributed by atoms with Gasteiger partial charge in [0.25, 0.3) is 0 Å². The molecule has 7 heteroatoms. The van der Waals surface area contributed by atoms with E-state index >= 15 is 0 Å². The van der Waals surface area contributed by atoms with Crippen LogP contribution in [-0.2, 0) is 13.1 Å². The van der Waals surface area contributed by atoms with Gasteiger partial charge >= 0.3 is 0 Å². The van der Waals surface area contributed by atoms with E-state index in [-0.39, 0.29) is 5.95 Å². The molecule has 3 heterocycles. The molecule has 2 aromatic heterocycles. The number of anilines is 2. The van der Waals surface area contributed by atoms with Gasteiger partial charge in [0.2, 0.25) is 11.9 Å². The Morgan fingerprint density at radius 3 is 2.85 bits per heavy atom. The lowest BCUT2D eigenvalue weighted by atomic mass is 10.4. The minimum atomic E-state index is 0.246. The molecule has 0 aromatic carbocycles. The fourth-order valence-corrected chi connectivity index (χ4v) is 2.31. The van der Waals surface area contributed by atoms with Crippen molar-refractivity contribution in [1.82, 2.24) is 19.9 Å². The number of nitrogens with zero attached hydrogens (tertiary/aromatic N) is 4. The zero-order chi connectivity index (χ0) is 13.8. The summed E-state index contributed by atoms with van der Waals surface area (Å²) in [5.74, 6) is 2.27. The largest absolute Gasteiger partial charge is 0.467 e. The van der Waals surface area contributed by atoms with Gasteiger partial charge in [0, 0.05) is 0 Å². The molecule has 106 valence electrons. The number of hydrogen-bond donors (Lipinski definition) is 2. The van der Waals surface area contributed by atoms with E-state index in [0.29, 0.717) is 18.3 Å². The monoisotopic (exact) mass is 274 g/mol. The van der Waals surface area contributed by atoms with Crippen molar-refractivity contribution in [2.75, 3.05) is 24.1 Å². The minimum absolute atomic E-state index is 0.246. The van der Waals surface area contributed by atoms with E-state index < -0.39 is 0 Å². The Hall–Kier alpha value is -2.15. The fourth-order valence-electron chi connectivity index (χ4n) is 2.31. The maximum Gasteiger partial charge on any atom is 0.228 e. The predicted octanol–water partition coefficient (Wildman–Crippen LogP) is 1.25. The van der Waals surface area contributed by atoms with Gasteiger partial charge in [-0.25, -0.2) is 0 Å². The van der Waals surface area contributed by atoms with Gasteiger partial charge in [-0.3, -0.25) is 4.90 Å². The molecule has 3 N–H and O–H groups in total. The Kier molecular flexibility index (Phi) is 3.78. The first kappa shape index (κ1) is 12.9. The quantitative estimate of drug-likeness (QED) is 0.847. The second-order valence-electron chi connectivity index (χ2n) is 4.85. The van der Waals surface area contributed by atoms with E-state index in [1.165, 1.54) is 12.8 Å². The van der Waals surface area contributed by atoms with E-state index in [0.717, 1.165) is 25.4 Å². The molecule has 3 rings (SSSR count). The van der Waals surface area contributed by atoms with Crippen molar-refractivity contribution in [3.8, 4) is 0 Å².